The van der Waals surface area contributed by atoms with Gasteiger partial charge in [0, 0.05) is 19.1 Å². The lowest BCUT2D eigenvalue weighted by Crippen LogP contribution is -2.31. The van der Waals surface area contributed by atoms with Gasteiger partial charge in [-0.15, -0.1) is 0 Å². The summed E-state index contributed by atoms with van der Waals surface area (Å²) in [5, 5.41) is 3.84. The second-order valence-electron chi connectivity index (χ2n) is 6.64. The molecule has 1 aromatic carbocycles. The van der Waals surface area contributed by atoms with Crippen molar-refractivity contribution in [3.63, 3.8) is 0 Å². The van der Waals surface area contributed by atoms with Crippen LogP contribution in [0.15, 0.2) is 24.3 Å². The van der Waals surface area contributed by atoms with E-state index in [0.717, 1.165) is 0 Å². The van der Waals surface area contributed by atoms with Crippen molar-refractivity contribution in [2.75, 3.05) is 43.4 Å². The number of piperidine rings is 1. The van der Waals surface area contributed by atoms with E-state index in [2.05, 4.69) is 46.4 Å². The van der Waals surface area contributed by atoms with Crippen LogP contribution in [-0.2, 0) is 0 Å². The topological polar surface area (TPSA) is 18.5 Å². The molecule has 0 spiro atoms. The number of nitrogens with one attached hydrogen (secondary N) is 1. The van der Waals surface area contributed by atoms with E-state index in [-0.39, 0.29) is 0 Å². The minimum Gasteiger partial charge on any atom is -0.381 e. The zero-order chi connectivity index (χ0) is 14.5. The van der Waals surface area contributed by atoms with E-state index in [1.807, 2.05) is 0 Å². The third-order valence-corrected chi connectivity index (χ3v) is 4.91. The molecule has 0 amide bonds. The van der Waals surface area contributed by atoms with Crippen LogP contribution in [-0.4, -0.2) is 44.2 Å². The zero-order valence-corrected chi connectivity index (χ0v) is 13.4. The number of para-hydroxylation sites is 2. The molecule has 2 heterocycles. The average Bonchev–Trinajstić information content (AvgIpc) is 2.73. The van der Waals surface area contributed by atoms with Crippen LogP contribution in [0, 0.1) is 0 Å². The first kappa shape index (κ1) is 14.7. The summed E-state index contributed by atoms with van der Waals surface area (Å²) in [4.78, 5) is 5.02. The number of hydrogen-bond acceptors (Lipinski definition) is 3. The summed E-state index contributed by atoms with van der Waals surface area (Å²) in [7, 11) is 2.24. The van der Waals surface area contributed by atoms with Crippen LogP contribution in [0.1, 0.15) is 38.5 Å². The molecule has 2 fully saturated rings. The number of likely N-dealkylation sites (tertiary alicyclic amines) is 1. The number of rotatable bonds is 3. The smallest absolute Gasteiger partial charge is 0.0602 e. The maximum absolute atomic E-state index is 3.84. The highest BCUT2D eigenvalue weighted by atomic mass is 15.2. The third kappa shape index (κ3) is 3.91. The molecule has 2 saturated heterocycles. The van der Waals surface area contributed by atoms with Gasteiger partial charge >= 0.3 is 0 Å². The van der Waals surface area contributed by atoms with Crippen molar-refractivity contribution < 1.29 is 0 Å². The van der Waals surface area contributed by atoms with E-state index in [9.17, 15) is 0 Å². The number of hydrogen-bond donors (Lipinski definition) is 1. The van der Waals surface area contributed by atoms with Crippen molar-refractivity contribution >= 4 is 11.4 Å². The van der Waals surface area contributed by atoms with Crippen LogP contribution >= 0.6 is 0 Å². The Balaban J connectivity index is 1.69. The number of benzene rings is 1. The van der Waals surface area contributed by atoms with Crippen LogP contribution in [0.4, 0.5) is 11.4 Å². The molecule has 3 heteroatoms. The van der Waals surface area contributed by atoms with Gasteiger partial charge in [0.15, 0.2) is 0 Å². The summed E-state index contributed by atoms with van der Waals surface area (Å²) in [5.41, 5.74) is 2.75. The largest absolute Gasteiger partial charge is 0.381 e. The van der Waals surface area contributed by atoms with Crippen molar-refractivity contribution in [1.82, 2.24) is 4.90 Å². The highest BCUT2D eigenvalue weighted by molar-refractivity contribution is 5.70. The van der Waals surface area contributed by atoms with Gasteiger partial charge in [-0.3, -0.25) is 0 Å². The highest BCUT2D eigenvalue weighted by Crippen LogP contribution is 2.29. The minimum atomic E-state index is 0.626. The van der Waals surface area contributed by atoms with Crippen LogP contribution < -0.4 is 10.2 Å². The molecule has 2 aliphatic heterocycles. The molecule has 1 N–H and O–H groups in total. The Bertz CT molecular complexity index is 440. The average molecular weight is 287 g/mol. The molecule has 3 nitrogen and oxygen atoms in total. The van der Waals surface area contributed by atoms with Crippen LogP contribution in [0.2, 0.25) is 0 Å². The van der Waals surface area contributed by atoms with Gasteiger partial charge in [0.2, 0.25) is 0 Å². The maximum atomic E-state index is 3.84. The van der Waals surface area contributed by atoms with E-state index >= 15 is 0 Å². The van der Waals surface area contributed by atoms with E-state index in [1.54, 1.807) is 0 Å². The normalized spacial score (nSPS) is 24.6. The lowest BCUT2D eigenvalue weighted by atomic mass is 10.1. The molecular formula is C18H29N3. The fourth-order valence-corrected chi connectivity index (χ4v) is 3.61. The Hall–Kier alpha value is -1.22. The number of anilines is 2. The van der Waals surface area contributed by atoms with Gasteiger partial charge in [0.1, 0.15) is 0 Å². The summed E-state index contributed by atoms with van der Waals surface area (Å²) in [6, 6.07) is 9.52. The molecule has 116 valence electrons. The summed E-state index contributed by atoms with van der Waals surface area (Å²) in [6.45, 7) is 4.88. The first-order valence-corrected chi connectivity index (χ1v) is 8.62. The van der Waals surface area contributed by atoms with Gasteiger partial charge in [-0.2, -0.15) is 0 Å². The fourth-order valence-electron chi connectivity index (χ4n) is 3.61. The monoisotopic (exact) mass is 287 g/mol. The lowest BCUT2D eigenvalue weighted by Gasteiger charge is -2.31. The van der Waals surface area contributed by atoms with Crippen LogP contribution in [0.5, 0.6) is 0 Å². The maximum Gasteiger partial charge on any atom is 0.0602 e. The molecule has 0 aromatic heterocycles. The predicted molar refractivity (Wildman–Crippen MR) is 91.3 cm³/mol. The standard InChI is InChI=1S/C18H29N3/c1-20-12-7-8-16(11-15-20)19-17-9-3-4-10-18(17)21-13-5-2-6-14-21/h3-4,9-10,16,19H,2,5-8,11-15H2,1H3. The molecule has 1 aromatic rings. The lowest BCUT2D eigenvalue weighted by molar-refractivity contribution is 0.348. The molecule has 1 atom stereocenters. The Labute approximate surface area is 129 Å². The Morgan fingerprint density at radius 3 is 2.57 bits per heavy atom. The van der Waals surface area contributed by atoms with Crippen molar-refractivity contribution in [2.45, 2.75) is 44.6 Å². The molecule has 0 saturated carbocycles. The van der Waals surface area contributed by atoms with Gasteiger partial charge in [0.05, 0.1) is 11.4 Å². The van der Waals surface area contributed by atoms with Gasteiger partial charge < -0.3 is 15.1 Å². The van der Waals surface area contributed by atoms with Gasteiger partial charge in [0.25, 0.3) is 0 Å². The van der Waals surface area contributed by atoms with Crippen LogP contribution in [0.3, 0.4) is 0 Å². The molecule has 21 heavy (non-hydrogen) atoms. The molecule has 3 rings (SSSR count). The Kier molecular flexibility index (Phi) is 5.02. The summed E-state index contributed by atoms with van der Waals surface area (Å²) >= 11 is 0. The van der Waals surface area contributed by atoms with Gasteiger partial charge in [-0.25, -0.2) is 0 Å². The second-order valence-corrected chi connectivity index (χ2v) is 6.64. The first-order valence-electron chi connectivity index (χ1n) is 8.62. The zero-order valence-electron chi connectivity index (χ0n) is 13.4. The Morgan fingerprint density at radius 2 is 1.71 bits per heavy atom. The van der Waals surface area contributed by atoms with Gasteiger partial charge in [-0.1, -0.05) is 12.1 Å². The van der Waals surface area contributed by atoms with E-state index in [1.165, 1.54) is 76.1 Å². The molecule has 2 aliphatic rings. The predicted octanol–water partition coefficient (Wildman–Crippen LogP) is 3.57. The van der Waals surface area contributed by atoms with E-state index in [0.29, 0.717) is 6.04 Å². The third-order valence-electron chi connectivity index (χ3n) is 4.91. The minimum absolute atomic E-state index is 0.626. The number of nitrogens with zero attached hydrogens (tertiary/aromatic N) is 2. The molecule has 0 radical (unpaired) electrons. The van der Waals surface area contributed by atoms with Crippen molar-refractivity contribution in [3.8, 4) is 0 Å². The molecular weight excluding hydrogens is 258 g/mol. The van der Waals surface area contributed by atoms with Crippen molar-refractivity contribution in [1.29, 1.82) is 0 Å². The van der Waals surface area contributed by atoms with Crippen molar-refractivity contribution in [2.24, 2.45) is 0 Å². The Morgan fingerprint density at radius 1 is 0.905 bits per heavy atom. The second kappa shape index (κ2) is 7.17. The van der Waals surface area contributed by atoms with Crippen LogP contribution in [0.25, 0.3) is 0 Å². The first-order chi connectivity index (χ1) is 10.3. The van der Waals surface area contributed by atoms with Crippen molar-refractivity contribution in [3.05, 3.63) is 24.3 Å². The molecule has 1 unspecified atom stereocenters. The van der Waals surface area contributed by atoms with E-state index < -0.39 is 0 Å². The SMILES string of the molecule is CN1CCCC(Nc2ccccc2N2CCCCC2)CC1. The molecule has 0 bridgehead atoms. The summed E-state index contributed by atoms with van der Waals surface area (Å²) < 4.78 is 0. The highest BCUT2D eigenvalue weighted by Gasteiger charge is 2.18. The summed E-state index contributed by atoms with van der Waals surface area (Å²) in [6.07, 6.45) is 7.91. The molecule has 0 aliphatic carbocycles. The van der Waals surface area contributed by atoms with Gasteiger partial charge in [-0.05, 0) is 70.8 Å². The summed E-state index contributed by atoms with van der Waals surface area (Å²) in [5.74, 6) is 0. The quantitative estimate of drug-likeness (QED) is 0.917. The van der Waals surface area contributed by atoms with E-state index in [4.69, 9.17) is 0 Å². The fraction of sp³-hybridized carbons (Fsp3) is 0.667.